The van der Waals surface area contributed by atoms with E-state index in [4.69, 9.17) is 23.2 Å². The Hall–Kier alpha value is -1.66. The van der Waals surface area contributed by atoms with Crippen molar-refractivity contribution in [2.75, 3.05) is 19.6 Å². The molecule has 4 rings (SSSR count). The molecule has 2 aromatic carbocycles. The van der Waals surface area contributed by atoms with E-state index < -0.39 is 11.8 Å². The zero-order valence-electron chi connectivity index (χ0n) is 17.7. The fourth-order valence-electron chi connectivity index (χ4n) is 4.72. The molecule has 32 heavy (non-hydrogen) atoms. The standard InChI is InChI=1S/C24H27Cl2FN2O2.CH4/c1-14-12-28(5-6-29(14)15(2)17-7-19(25)10-20(26)8-17)13-18-9-23(27)22(24(30)31)11-21(18)16-3-4-16;/h7-11,14-16H,3-6,12-13H2,1-2H3,(H,30,31);1H4/t14-,15-;/m0./s1. The Morgan fingerprint density at radius 1 is 1.16 bits per heavy atom. The summed E-state index contributed by atoms with van der Waals surface area (Å²) in [6.45, 7) is 7.59. The molecule has 1 N–H and O–H groups in total. The third-order valence-corrected chi connectivity index (χ3v) is 6.93. The predicted molar refractivity (Wildman–Crippen MR) is 128 cm³/mol. The van der Waals surface area contributed by atoms with Crippen LogP contribution in [0.1, 0.15) is 73.1 Å². The van der Waals surface area contributed by atoms with Crippen LogP contribution in [0.15, 0.2) is 30.3 Å². The Labute approximate surface area is 199 Å². The first-order valence-corrected chi connectivity index (χ1v) is 11.5. The van der Waals surface area contributed by atoms with Crippen LogP contribution >= 0.6 is 23.2 Å². The van der Waals surface area contributed by atoms with E-state index in [0.29, 0.717) is 28.5 Å². The van der Waals surface area contributed by atoms with Crippen molar-refractivity contribution in [1.82, 2.24) is 9.80 Å². The molecule has 7 heteroatoms. The molecule has 0 bridgehead atoms. The van der Waals surface area contributed by atoms with Crippen molar-refractivity contribution in [3.8, 4) is 0 Å². The van der Waals surface area contributed by atoms with Crippen molar-refractivity contribution in [1.29, 1.82) is 0 Å². The fourth-order valence-corrected chi connectivity index (χ4v) is 5.26. The Kier molecular flexibility index (Phi) is 7.87. The molecule has 2 aromatic rings. The number of benzene rings is 2. The summed E-state index contributed by atoms with van der Waals surface area (Å²) in [5, 5.41) is 10.6. The second-order valence-corrected chi connectivity index (χ2v) is 9.68. The Balaban J connectivity index is 0.00000289. The number of rotatable bonds is 6. The number of aromatic carboxylic acids is 1. The maximum atomic E-state index is 14.4. The average Bonchev–Trinajstić information content (AvgIpc) is 3.52. The Morgan fingerprint density at radius 3 is 2.38 bits per heavy atom. The van der Waals surface area contributed by atoms with Crippen LogP contribution in [-0.4, -0.2) is 46.6 Å². The summed E-state index contributed by atoms with van der Waals surface area (Å²) in [4.78, 5) is 16.1. The molecule has 0 spiro atoms. The molecule has 1 heterocycles. The molecular weight excluding hydrogens is 450 g/mol. The zero-order valence-corrected chi connectivity index (χ0v) is 19.3. The number of halogens is 3. The Morgan fingerprint density at radius 2 is 1.81 bits per heavy atom. The van der Waals surface area contributed by atoms with Gasteiger partial charge in [-0.25, -0.2) is 9.18 Å². The van der Waals surface area contributed by atoms with E-state index in [2.05, 4.69) is 23.6 Å². The van der Waals surface area contributed by atoms with Gasteiger partial charge in [-0.1, -0.05) is 30.6 Å². The summed E-state index contributed by atoms with van der Waals surface area (Å²) in [6, 6.07) is 9.14. The number of carboxylic acid groups (broad SMARTS) is 1. The van der Waals surface area contributed by atoms with Crippen molar-refractivity contribution in [3.05, 3.63) is 68.4 Å². The maximum Gasteiger partial charge on any atom is 0.338 e. The van der Waals surface area contributed by atoms with Gasteiger partial charge in [-0.15, -0.1) is 0 Å². The molecule has 2 atom stereocenters. The molecule has 1 saturated carbocycles. The van der Waals surface area contributed by atoms with Gasteiger partial charge in [0.05, 0.1) is 5.56 Å². The minimum absolute atomic E-state index is 0. The number of carbonyl (C=O) groups is 1. The van der Waals surface area contributed by atoms with Crippen molar-refractivity contribution in [2.45, 2.75) is 58.7 Å². The van der Waals surface area contributed by atoms with E-state index in [1.165, 1.54) is 6.07 Å². The zero-order chi connectivity index (χ0) is 22.3. The third kappa shape index (κ3) is 5.45. The van der Waals surface area contributed by atoms with Gasteiger partial charge in [0.2, 0.25) is 0 Å². The maximum absolute atomic E-state index is 14.4. The van der Waals surface area contributed by atoms with Crippen LogP contribution < -0.4 is 0 Å². The molecule has 2 fully saturated rings. The van der Waals surface area contributed by atoms with Crippen LogP contribution in [0.25, 0.3) is 0 Å². The molecule has 0 amide bonds. The topological polar surface area (TPSA) is 43.8 Å². The van der Waals surface area contributed by atoms with Crippen LogP contribution in [0.2, 0.25) is 10.0 Å². The molecule has 4 nitrogen and oxygen atoms in total. The average molecular weight is 481 g/mol. The number of piperazine rings is 1. The smallest absolute Gasteiger partial charge is 0.338 e. The summed E-state index contributed by atoms with van der Waals surface area (Å²) in [6.07, 6.45) is 2.09. The SMILES string of the molecule is C.C[C@H]1CN(Cc2cc(F)c(C(=O)O)cc2C2CC2)CCN1[C@@H](C)c1cc(Cl)cc(Cl)c1. The number of carboxylic acids is 1. The van der Waals surface area contributed by atoms with Crippen molar-refractivity contribution in [2.24, 2.45) is 0 Å². The second kappa shape index (κ2) is 10.1. The summed E-state index contributed by atoms with van der Waals surface area (Å²) in [5.74, 6) is -1.49. The molecule has 2 aliphatic rings. The van der Waals surface area contributed by atoms with Gasteiger partial charge in [0.15, 0.2) is 0 Å². The molecule has 0 unspecified atom stereocenters. The van der Waals surface area contributed by atoms with E-state index in [1.807, 2.05) is 12.1 Å². The van der Waals surface area contributed by atoms with Gasteiger partial charge in [0.1, 0.15) is 5.82 Å². The first-order chi connectivity index (χ1) is 14.7. The van der Waals surface area contributed by atoms with Crippen LogP contribution in [0.5, 0.6) is 0 Å². The van der Waals surface area contributed by atoms with E-state index in [0.717, 1.165) is 49.2 Å². The summed E-state index contributed by atoms with van der Waals surface area (Å²) >= 11 is 12.4. The predicted octanol–water partition coefficient (Wildman–Crippen LogP) is 6.61. The molecule has 1 aliphatic carbocycles. The molecular formula is C25H31Cl2FN2O2. The van der Waals surface area contributed by atoms with E-state index in [9.17, 15) is 14.3 Å². The third-order valence-electron chi connectivity index (χ3n) is 6.50. The second-order valence-electron chi connectivity index (χ2n) is 8.81. The van der Waals surface area contributed by atoms with E-state index in [-0.39, 0.29) is 19.0 Å². The van der Waals surface area contributed by atoms with Gasteiger partial charge >= 0.3 is 5.97 Å². The van der Waals surface area contributed by atoms with E-state index >= 15 is 0 Å². The normalized spacial score (nSPS) is 20.6. The number of hydrogen-bond acceptors (Lipinski definition) is 3. The molecule has 0 radical (unpaired) electrons. The van der Waals surface area contributed by atoms with Crippen LogP contribution in [0.3, 0.4) is 0 Å². The van der Waals surface area contributed by atoms with Gasteiger partial charge < -0.3 is 5.11 Å². The largest absolute Gasteiger partial charge is 0.478 e. The van der Waals surface area contributed by atoms with Gasteiger partial charge in [0, 0.05) is 48.3 Å². The first-order valence-electron chi connectivity index (χ1n) is 10.7. The highest BCUT2D eigenvalue weighted by Crippen LogP contribution is 2.43. The monoisotopic (exact) mass is 480 g/mol. The quantitative estimate of drug-likeness (QED) is 0.504. The van der Waals surface area contributed by atoms with Gasteiger partial charge in [-0.05, 0) is 79.6 Å². The highest BCUT2D eigenvalue weighted by atomic mass is 35.5. The van der Waals surface area contributed by atoms with Crippen molar-refractivity contribution in [3.63, 3.8) is 0 Å². The lowest BCUT2D eigenvalue weighted by Crippen LogP contribution is -2.52. The summed E-state index contributed by atoms with van der Waals surface area (Å²) in [7, 11) is 0. The van der Waals surface area contributed by atoms with E-state index in [1.54, 1.807) is 12.1 Å². The first kappa shape index (κ1) is 25.0. The minimum Gasteiger partial charge on any atom is -0.478 e. The van der Waals surface area contributed by atoms with Crippen molar-refractivity contribution < 1.29 is 14.3 Å². The summed E-state index contributed by atoms with van der Waals surface area (Å²) in [5.41, 5.74) is 2.79. The lowest BCUT2D eigenvalue weighted by atomic mass is 9.98. The highest BCUT2D eigenvalue weighted by Gasteiger charge is 2.31. The van der Waals surface area contributed by atoms with Crippen LogP contribution in [0, 0.1) is 5.82 Å². The summed E-state index contributed by atoms with van der Waals surface area (Å²) < 4.78 is 14.4. The molecule has 1 saturated heterocycles. The molecule has 1 aliphatic heterocycles. The van der Waals surface area contributed by atoms with Crippen molar-refractivity contribution >= 4 is 29.2 Å². The highest BCUT2D eigenvalue weighted by molar-refractivity contribution is 6.34. The lowest BCUT2D eigenvalue weighted by molar-refractivity contribution is 0.0503. The van der Waals surface area contributed by atoms with Gasteiger partial charge in [0.25, 0.3) is 0 Å². The Bertz CT molecular complexity index is 976. The lowest BCUT2D eigenvalue weighted by Gasteiger charge is -2.43. The van der Waals surface area contributed by atoms with Gasteiger partial charge in [-0.3, -0.25) is 9.80 Å². The van der Waals surface area contributed by atoms with Crippen LogP contribution in [-0.2, 0) is 6.54 Å². The number of hydrogen-bond donors (Lipinski definition) is 1. The minimum atomic E-state index is -1.21. The molecule has 0 aromatic heterocycles. The fraction of sp³-hybridized carbons (Fsp3) is 0.480. The number of nitrogens with zero attached hydrogens (tertiary/aromatic N) is 2. The van der Waals surface area contributed by atoms with Crippen LogP contribution in [0.4, 0.5) is 4.39 Å². The molecule has 174 valence electrons. The van der Waals surface area contributed by atoms with Gasteiger partial charge in [-0.2, -0.15) is 0 Å².